The number of thioether (sulfide) groups is 1. The molecule has 122 valence electrons. The zero-order chi connectivity index (χ0) is 15.9. The van der Waals surface area contributed by atoms with E-state index >= 15 is 0 Å². The second-order valence-electron chi connectivity index (χ2n) is 5.87. The summed E-state index contributed by atoms with van der Waals surface area (Å²) in [6.07, 6.45) is 5.23. The summed E-state index contributed by atoms with van der Waals surface area (Å²) in [6.45, 7) is 2.65. The molecule has 1 aromatic carbocycles. The van der Waals surface area contributed by atoms with Crippen LogP contribution in [0.25, 0.3) is 0 Å². The second-order valence-corrected chi connectivity index (χ2v) is 6.73. The number of piperidine rings is 1. The van der Waals surface area contributed by atoms with Gasteiger partial charge in [0.25, 0.3) is 5.91 Å². The number of carbonyl (C=O) groups is 1. The molecule has 0 unspecified atom stereocenters. The van der Waals surface area contributed by atoms with Crippen molar-refractivity contribution in [2.45, 2.75) is 25.0 Å². The van der Waals surface area contributed by atoms with E-state index in [-0.39, 0.29) is 11.7 Å². The van der Waals surface area contributed by atoms with Crippen molar-refractivity contribution in [2.24, 2.45) is 5.92 Å². The molecule has 0 atom stereocenters. The first-order valence-corrected chi connectivity index (χ1v) is 9.26. The average molecular weight is 324 g/mol. The molecular formula is C17H25FN2OS. The van der Waals surface area contributed by atoms with E-state index in [1.54, 1.807) is 23.9 Å². The van der Waals surface area contributed by atoms with Gasteiger partial charge < -0.3 is 10.2 Å². The maximum absolute atomic E-state index is 13.7. The summed E-state index contributed by atoms with van der Waals surface area (Å²) in [6, 6.07) is 4.73. The Labute approximate surface area is 136 Å². The SMILES string of the molecule is CNCCC1CCN(C(=O)c2ccc(F)c(CSC)c2)CC1. The molecule has 1 heterocycles. The van der Waals surface area contributed by atoms with Crippen LogP contribution in [-0.4, -0.2) is 43.7 Å². The number of likely N-dealkylation sites (tertiary alicyclic amines) is 1. The smallest absolute Gasteiger partial charge is 0.253 e. The van der Waals surface area contributed by atoms with Gasteiger partial charge in [-0.25, -0.2) is 4.39 Å². The summed E-state index contributed by atoms with van der Waals surface area (Å²) < 4.78 is 13.7. The summed E-state index contributed by atoms with van der Waals surface area (Å²) in [5.41, 5.74) is 1.22. The third-order valence-electron chi connectivity index (χ3n) is 4.30. The molecule has 1 N–H and O–H groups in total. The van der Waals surface area contributed by atoms with E-state index in [0.717, 1.165) is 32.5 Å². The minimum absolute atomic E-state index is 0.0365. The Morgan fingerprint density at radius 3 is 2.77 bits per heavy atom. The monoisotopic (exact) mass is 324 g/mol. The van der Waals surface area contributed by atoms with Gasteiger partial charge in [-0.2, -0.15) is 11.8 Å². The van der Waals surface area contributed by atoms with Crippen molar-refractivity contribution in [2.75, 3.05) is 32.9 Å². The molecule has 0 saturated carbocycles. The van der Waals surface area contributed by atoms with Crippen molar-refractivity contribution in [3.05, 3.63) is 35.1 Å². The van der Waals surface area contributed by atoms with Crippen LogP contribution in [0.1, 0.15) is 35.2 Å². The minimum Gasteiger partial charge on any atom is -0.339 e. The molecule has 0 radical (unpaired) electrons. The van der Waals surface area contributed by atoms with Crippen molar-refractivity contribution in [3.63, 3.8) is 0 Å². The van der Waals surface area contributed by atoms with Crippen molar-refractivity contribution >= 4 is 17.7 Å². The number of benzene rings is 1. The Morgan fingerprint density at radius 1 is 1.41 bits per heavy atom. The van der Waals surface area contributed by atoms with E-state index in [1.165, 1.54) is 12.5 Å². The number of hydrogen-bond donors (Lipinski definition) is 1. The van der Waals surface area contributed by atoms with E-state index in [9.17, 15) is 9.18 Å². The third kappa shape index (κ3) is 4.46. The fourth-order valence-corrected chi connectivity index (χ4v) is 3.46. The van der Waals surface area contributed by atoms with Crippen molar-refractivity contribution in [1.29, 1.82) is 0 Å². The molecule has 1 aromatic rings. The van der Waals surface area contributed by atoms with Gasteiger partial charge in [-0.3, -0.25) is 4.79 Å². The highest BCUT2D eigenvalue weighted by Crippen LogP contribution is 2.23. The van der Waals surface area contributed by atoms with Crippen LogP contribution in [0.2, 0.25) is 0 Å². The Hall–Kier alpha value is -1.07. The predicted octanol–water partition coefficient (Wildman–Crippen LogP) is 3.15. The molecule has 5 heteroatoms. The van der Waals surface area contributed by atoms with Crippen LogP contribution in [0.5, 0.6) is 0 Å². The number of halogens is 1. The predicted molar refractivity (Wildman–Crippen MR) is 90.8 cm³/mol. The van der Waals surface area contributed by atoms with Crippen LogP contribution >= 0.6 is 11.8 Å². The van der Waals surface area contributed by atoms with Crippen molar-refractivity contribution < 1.29 is 9.18 Å². The summed E-state index contributed by atoms with van der Waals surface area (Å²) in [4.78, 5) is 14.5. The first kappa shape index (κ1) is 17.3. The largest absolute Gasteiger partial charge is 0.339 e. The highest BCUT2D eigenvalue weighted by Gasteiger charge is 2.23. The number of carbonyl (C=O) groups excluding carboxylic acids is 1. The van der Waals surface area contributed by atoms with Crippen LogP contribution < -0.4 is 5.32 Å². The molecule has 1 amide bonds. The van der Waals surface area contributed by atoms with E-state index < -0.39 is 0 Å². The van der Waals surface area contributed by atoms with E-state index in [4.69, 9.17) is 0 Å². The van der Waals surface area contributed by atoms with Gasteiger partial charge in [0.2, 0.25) is 0 Å². The highest BCUT2D eigenvalue weighted by molar-refractivity contribution is 7.97. The molecule has 1 fully saturated rings. The molecule has 1 aliphatic rings. The van der Waals surface area contributed by atoms with Gasteiger partial charge in [-0.15, -0.1) is 0 Å². The van der Waals surface area contributed by atoms with E-state index in [1.807, 2.05) is 18.2 Å². The fraction of sp³-hybridized carbons (Fsp3) is 0.588. The van der Waals surface area contributed by atoms with Crippen LogP contribution in [0.3, 0.4) is 0 Å². The Balaban J connectivity index is 1.96. The van der Waals surface area contributed by atoms with Crippen LogP contribution in [0.15, 0.2) is 18.2 Å². The van der Waals surface area contributed by atoms with Crippen LogP contribution in [0, 0.1) is 11.7 Å². The Kier molecular flexibility index (Phi) is 6.70. The molecule has 1 saturated heterocycles. The van der Waals surface area contributed by atoms with Gasteiger partial charge in [0.15, 0.2) is 0 Å². The number of nitrogens with one attached hydrogen (secondary N) is 1. The zero-order valence-electron chi connectivity index (χ0n) is 13.4. The highest BCUT2D eigenvalue weighted by atomic mass is 32.2. The quantitative estimate of drug-likeness (QED) is 0.872. The van der Waals surface area contributed by atoms with Gasteiger partial charge in [-0.1, -0.05) is 0 Å². The van der Waals surface area contributed by atoms with Gasteiger partial charge >= 0.3 is 0 Å². The van der Waals surface area contributed by atoms with Gasteiger partial charge in [-0.05, 0) is 68.8 Å². The summed E-state index contributed by atoms with van der Waals surface area (Å²) in [5, 5.41) is 3.18. The molecule has 0 aromatic heterocycles. The van der Waals surface area contributed by atoms with Gasteiger partial charge in [0.1, 0.15) is 5.82 Å². The summed E-state index contributed by atoms with van der Waals surface area (Å²) >= 11 is 1.56. The molecule has 0 aliphatic carbocycles. The number of hydrogen-bond acceptors (Lipinski definition) is 3. The van der Waals surface area contributed by atoms with E-state index in [2.05, 4.69) is 5.32 Å². The Morgan fingerprint density at radius 2 is 2.14 bits per heavy atom. The maximum atomic E-state index is 13.7. The van der Waals surface area contributed by atoms with Crippen molar-refractivity contribution in [3.8, 4) is 0 Å². The molecule has 22 heavy (non-hydrogen) atoms. The Bertz CT molecular complexity index is 501. The van der Waals surface area contributed by atoms with Gasteiger partial charge in [0, 0.05) is 24.4 Å². The number of amides is 1. The molecule has 1 aliphatic heterocycles. The summed E-state index contributed by atoms with van der Waals surface area (Å²) in [7, 11) is 1.97. The lowest BCUT2D eigenvalue weighted by atomic mass is 9.93. The topological polar surface area (TPSA) is 32.3 Å². The minimum atomic E-state index is -0.225. The third-order valence-corrected chi connectivity index (χ3v) is 4.90. The lowest BCUT2D eigenvalue weighted by Gasteiger charge is -2.32. The average Bonchev–Trinajstić information content (AvgIpc) is 2.55. The number of nitrogens with zero attached hydrogens (tertiary/aromatic N) is 1. The first-order chi connectivity index (χ1) is 10.7. The fourth-order valence-electron chi connectivity index (χ4n) is 2.93. The molecule has 3 nitrogen and oxygen atoms in total. The molecule has 2 rings (SSSR count). The van der Waals surface area contributed by atoms with Crippen molar-refractivity contribution in [1.82, 2.24) is 10.2 Å². The lowest BCUT2D eigenvalue weighted by molar-refractivity contribution is 0.0687. The molecule has 0 spiro atoms. The van der Waals surface area contributed by atoms with Gasteiger partial charge in [0.05, 0.1) is 0 Å². The first-order valence-electron chi connectivity index (χ1n) is 7.87. The maximum Gasteiger partial charge on any atom is 0.253 e. The zero-order valence-corrected chi connectivity index (χ0v) is 14.2. The summed E-state index contributed by atoms with van der Waals surface area (Å²) in [5.74, 6) is 1.11. The van der Waals surface area contributed by atoms with E-state index in [0.29, 0.717) is 22.8 Å². The standard InChI is InChI=1S/C17H25FN2OS/c1-19-8-5-13-6-9-20(10-7-13)17(21)14-3-4-16(18)15(11-14)12-22-2/h3-4,11,13,19H,5-10,12H2,1-2H3. The van der Waals surface area contributed by atoms with Crippen LogP contribution in [0.4, 0.5) is 4.39 Å². The van der Waals surface area contributed by atoms with Crippen LogP contribution in [-0.2, 0) is 5.75 Å². The second kappa shape index (κ2) is 8.53. The lowest BCUT2D eigenvalue weighted by Crippen LogP contribution is -2.39. The number of rotatable bonds is 6. The molecule has 0 bridgehead atoms. The molecular weight excluding hydrogens is 299 g/mol. The normalized spacial score (nSPS) is 16.0.